The molecule has 0 bridgehead atoms. The molecule has 92 valence electrons. The van der Waals surface area contributed by atoms with E-state index in [0.29, 0.717) is 24.4 Å². The lowest BCUT2D eigenvalue weighted by atomic mass is 10.1. The van der Waals surface area contributed by atoms with Crippen molar-refractivity contribution in [2.45, 2.75) is 31.7 Å². The van der Waals surface area contributed by atoms with E-state index in [0.717, 1.165) is 11.8 Å². The van der Waals surface area contributed by atoms with Crippen molar-refractivity contribution in [3.63, 3.8) is 0 Å². The summed E-state index contributed by atoms with van der Waals surface area (Å²) >= 11 is 3.40. The lowest BCUT2D eigenvalue weighted by Crippen LogP contribution is -2.39. The summed E-state index contributed by atoms with van der Waals surface area (Å²) in [5.74, 6) is 1.99. The van der Waals surface area contributed by atoms with E-state index in [1.807, 2.05) is 0 Å². The van der Waals surface area contributed by atoms with Crippen LogP contribution in [0.1, 0.15) is 25.7 Å². The summed E-state index contributed by atoms with van der Waals surface area (Å²) in [6.07, 6.45) is 4.77. The zero-order chi connectivity index (χ0) is 11.5. The number of alkyl halides is 1. The Bertz CT molecular complexity index is 243. The van der Waals surface area contributed by atoms with Crippen LogP contribution in [0.25, 0.3) is 0 Å². The SMILES string of the molecule is COCC(CCBr)NC(=O)C1C2CCCC21. The van der Waals surface area contributed by atoms with Crippen LogP contribution in [0, 0.1) is 17.8 Å². The second-order valence-corrected chi connectivity index (χ2v) is 5.72. The van der Waals surface area contributed by atoms with E-state index in [1.165, 1.54) is 19.3 Å². The first-order valence-corrected chi connectivity index (χ1v) is 7.25. The highest BCUT2D eigenvalue weighted by atomic mass is 79.9. The van der Waals surface area contributed by atoms with Crippen LogP contribution in [0.15, 0.2) is 0 Å². The average molecular weight is 290 g/mol. The molecular weight excluding hydrogens is 270 g/mol. The van der Waals surface area contributed by atoms with Crippen LogP contribution in [-0.4, -0.2) is 31.0 Å². The van der Waals surface area contributed by atoms with Gasteiger partial charge in [0.25, 0.3) is 0 Å². The van der Waals surface area contributed by atoms with Gasteiger partial charge in [-0.3, -0.25) is 4.79 Å². The molecule has 0 heterocycles. The molecule has 2 fully saturated rings. The van der Waals surface area contributed by atoms with Crippen LogP contribution in [0.4, 0.5) is 0 Å². The Balaban J connectivity index is 1.77. The fourth-order valence-corrected chi connectivity index (χ4v) is 3.59. The molecule has 0 saturated heterocycles. The Morgan fingerprint density at radius 2 is 2.19 bits per heavy atom. The number of carbonyl (C=O) groups excluding carboxylic acids is 1. The van der Waals surface area contributed by atoms with Gasteiger partial charge >= 0.3 is 0 Å². The minimum Gasteiger partial charge on any atom is -0.383 e. The third kappa shape index (κ3) is 2.59. The maximum Gasteiger partial charge on any atom is 0.223 e. The monoisotopic (exact) mass is 289 g/mol. The molecular formula is C12H20BrNO2. The topological polar surface area (TPSA) is 38.3 Å². The normalized spacial score (nSPS) is 33.2. The number of ether oxygens (including phenoxy) is 1. The third-order valence-electron chi connectivity index (χ3n) is 3.88. The summed E-state index contributed by atoms with van der Waals surface area (Å²) in [5.41, 5.74) is 0. The van der Waals surface area contributed by atoms with Crippen molar-refractivity contribution in [2.75, 3.05) is 19.0 Å². The van der Waals surface area contributed by atoms with Crippen molar-refractivity contribution in [1.82, 2.24) is 5.32 Å². The summed E-state index contributed by atoms with van der Waals surface area (Å²) in [6.45, 7) is 0.611. The molecule has 3 nitrogen and oxygen atoms in total. The fourth-order valence-electron chi connectivity index (χ4n) is 3.04. The summed E-state index contributed by atoms with van der Waals surface area (Å²) in [4.78, 5) is 12.0. The first kappa shape index (κ1) is 12.4. The van der Waals surface area contributed by atoms with Gasteiger partial charge < -0.3 is 10.1 Å². The predicted octanol–water partition coefficient (Wildman–Crippen LogP) is 1.95. The molecule has 3 unspecified atom stereocenters. The molecule has 2 aliphatic rings. The molecule has 2 rings (SSSR count). The van der Waals surface area contributed by atoms with Gasteiger partial charge in [-0.15, -0.1) is 0 Å². The van der Waals surface area contributed by atoms with E-state index >= 15 is 0 Å². The van der Waals surface area contributed by atoms with Gasteiger partial charge in [0.1, 0.15) is 0 Å². The molecule has 0 aromatic heterocycles. The molecule has 0 aliphatic heterocycles. The van der Waals surface area contributed by atoms with Crippen LogP contribution in [-0.2, 0) is 9.53 Å². The maximum atomic E-state index is 12.0. The molecule has 3 atom stereocenters. The standard InChI is InChI=1S/C12H20BrNO2/c1-16-7-8(5-6-13)14-12(15)11-9-3-2-4-10(9)11/h8-11H,2-7H2,1H3,(H,14,15). The van der Waals surface area contributed by atoms with E-state index in [4.69, 9.17) is 4.74 Å². The summed E-state index contributed by atoms with van der Waals surface area (Å²) in [5, 5.41) is 4.02. The van der Waals surface area contributed by atoms with Crippen molar-refractivity contribution >= 4 is 21.8 Å². The molecule has 1 amide bonds. The zero-order valence-electron chi connectivity index (χ0n) is 9.75. The summed E-state index contributed by atoms with van der Waals surface area (Å²) in [7, 11) is 1.68. The Hall–Kier alpha value is -0.0900. The van der Waals surface area contributed by atoms with Gasteiger partial charge in [0, 0.05) is 18.4 Å². The zero-order valence-corrected chi connectivity index (χ0v) is 11.3. The highest BCUT2D eigenvalue weighted by Crippen LogP contribution is 2.57. The number of nitrogens with one attached hydrogen (secondary N) is 1. The number of carbonyl (C=O) groups is 1. The molecule has 16 heavy (non-hydrogen) atoms. The van der Waals surface area contributed by atoms with Gasteiger partial charge in [-0.1, -0.05) is 22.4 Å². The van der Waals surface area contributed by atoms with Gasteiger partial charge in [0.2, 0.25) is 5.91 Å². The Kier molecular flexibility index (Phi) is 4.25. The Morgan fingerprint density at radius 3 is 2.75 bits per heavy atom. The number of hydrogen-bond acceptors (Lipinski definition) is 2. The number of rotatable bonds is 6. The second-order valence-electron chi connectivity index (χ2n) is 4.92. The van der Waals surface area contributed by atoms with Crippen LogP contribution in [0.3, 0.4) is 0 Å². The number of halogens is 1. The highest BCUT2D eigenvalue weighted by Gasteiger charge is 2.56. The van der Waals surface area contributed by atoms with E-state index in [1.54, 1.807) is 7.11 Å². The van der Waals surface area contributed by atoms with Crippen molar-refractivity contribution in [2.24, 2.45) is 17.8 Å². The van der Waals surface area contributed by atoms with Crippen LogP contribution in [0.2, 0.25) is 0 Å². The highest BCUT2D eigenvalue weighted by molar-refractivity contribution is 9.09. The van der Waals surface area contributed by atoms with Crippen LogP contribution in [0.5, 0.6) is 0 Å². The van der Waals surface area contributed by atoms with Gasteiger partial charge in [-0.05, 0) is 31.1 Å². The predicted molar refractivity (Wildman–Crippen MR) is 66.5 cm³/mol. The van der Waals surface area contributed by atoms with Crippen LogP contribution >= 0.6 is 15.9 Å². The number of methoxy groups -OCH3 is 1. The first-order chi connectivity index (χ1) is 7.77. The number of hydrogen-bond donors (Lipinski definition) is 1. The van der Waals surface area contributed by atoms with Crippen molar-refractivity contribution in [3.8, 4) is 0 Å². The molecule has 2 aliphatic carbocycles. The second kappa shape index (κ2) is 5.50. The molecule has 0 radical (unpaired) electrons. The van der Waals surface area contributed by atoms with Crippen LogP contribution < -0.4 is 5.32 Å². The van der Waals surface area contributed by atoms with E-state index in [9.17, 15) is 4.79 Å². The summed E-state index contributed by atoms with van der Waals surface area (Å²) in [6, 6.07) is 0.165. The quantitative estimate of drug-likeness (QED) is 0.759. The van der Waals surface area contributed by atoms with Gasteiger partial charge in [-0.25, -0.2) is 0 Å². The first-order valence-electron chi connectivity index (χ1n) is 6.13. The average Bonchev–Trinajstić information content (AvgIpc) is 2.74. The van der Waals surface area contributed by atoms with Gasteiger partial charge in [-0.2, -0.15) is 0 Å². The smallest absolute Gasteiger partial charge is 0.223 e. The molecule has 0 aromatic carbocycles. The Morgan fingerprint density at radius 1 is 1.50 bits per heavy atom. The fraction of sp³-hybridized carbons (Fsp3) is 0.917. The minimum absolute atomic E-state index is 0.165. The molecule has 2 saturated carbocycles. The largest absolute Gasteiger partial charge is 0.383 e. The molecule has 1 N–H and O–H groups in total. The van der Waals surface area contributed by atoms with E-state index in [2.05, 4.69) is 21.2 Å². The van der Waals surface area contributed by atoms with Crippen molar-refractivity contribution in [1.29, 1.82) is 0 Å². The van der Waals surface area contributed by atoms with Crippen molar-refractivity contribution in [3.05, 3.63) is 0 Å². The minimum atomic E-state index is 0.165. The molecule has 4 heteroatoms. The van der Waals surface area contributed by atoms with Crippen molar-refractivity contribution < 1.29 is 9.53 Å². The lowest BCUT2D eigenvalue weighted by molar-refractivity contribution is -0.124. The Labute approximate surface area is 105 Å². The van der Waals surface area contributed by atoms with Gasteiger partial charge in [0.15, 0.2) is 0 Å². The number of amides is 1. The lowest BCUT2D eigenvalue weighted by Gasteiger charge is -2.17. The molecule has 0 spiro atoms. The maximum absolute atomic E-state index is 12.0. The third-order valence-corrected chi connectivity index (χ3v) is 4.34. The molecule has 0 aromatic rings. The van der Waals surface area contributed by atoms with Gasteiger partial charge in [0.05, 0.1) is 12.6 Å². The summed E-state index contributed by atoms with van der Waals surface area (Å²) < 4.78 is 5.12. The van der Waals surface area contributed by atoms with E-state index < -0.39 is 0 Å². The van der Waals surface area contributed by atoms with E-state index in [-0.39, 0.29) is 11.9 Å². The number of fused-ring (bicyclic) bond motifs is 1.